The van der Waals surface area contributed by atoms with E-state index < -0.39 is 0 Å². The summed E-state index contributed by atoms with van der Waals surface area (Å²) in [5.41, 5.74) is 1.20. The molecule has 4 heteroatoms. The van der Waals surface area contributed by atoms with Gasteiger partial charge in [0.25, 0.3) is 0 Å². The maximum atomic E-state index is 6.00. The smallest absolute Gasteiger partial charge is 0.0410 e. The molecule has 0 aromatic heterocycles. The summed E-state index contributed by atoms with van der Waals surface area (Å²) in [4.78, 5) is 2.42. The molecule has 0 fully saturated rings. The second-order valence-electron chi connectivity index (χ2n) is 4.50. The molecule has 0 aliphatic heterocycles. The Morgan fingerprint density at radius 1 is 1.33 bits per heavy atom. The van der Waals surface area contributed by atoms with Crippen molar-refractivity contribution in [3.8, 4) is 0 Å². The minimum Gasteiger partial charge on any atom is -0.309 e. The van der Waals surface area contributed by atoms with E-state index in [9.17, 15) is 0 Å². The molecule has 1 aromatic rings. The summed E-state index contributed by atoms with van der Waals surface area (Å²) in [5.74, 6) is 0. The second-order valence-corrected chi connectivity index (χ2v) is 5.79. The highest BCUT2D eigenvalue weighted by atomic mass is 79.9. The van der Waals surface area contributed by atoms with Crippen LogP contribution < -0.4 is 5.32 Å². The topological polar surface area (TPSA) is 15.3 Å². The molecule has 0 amide bonds. The molecule has 2 nitrogen and oxygen atoms in total. The maximum absolute atomic E-state index is 6.00. The molecule has 1 aromatic carbocycles. The van der Waals surface area contributed by atoms with Crippen LogP contribution in [0, 0.1) is 0 Å². The van der Waals surface area contributed by atoms with Crippen LogP contribution in [0.25, 0.3) is 0 Å². The molecule has 0 aliphatic carbocycles. The third-order valence-corrected chi connectivity index (χ3v) is 4.08. The first-order valence-electron chi connectivity index (χ1n) is 6.46. The van der Waals surface area contributed by atoms with Crippen molar-refractivity contribution in [3.05, 3.63) is 33.3 Å². The van der Waals surface area contributed by atoms with Gasteiger partial charge in [0.1, 0.15) is 0 Å². The lowest BCUT2D eigenvalue weighted by Crippen LogP contribution is -2.38. The average Bonchev–Trinajstić information content (AvgIpc) is 2.37. The molecule has 1 N–H and O–H groups in total. The number of hydrogen-bond acceptors (Lipinski definition) is 2. The first-order valence-corrected chi connectivity index (χ1v) is 7.63. The van der Waals surface area contributed by atoms with E-state index in [0.717, 1.165) is 35.7 Å². The van der Waals surface area contributed by atoms with E-state index in [1.165, 1.54) is 5.56 Å². The van der Waals surface area contributed by atoms with Gasteiger partial charge in [-0.2, -0.15) is 0 Å². The lowest BCUT2D eigenvalue weighted by Gasteiger charge is -2.23. The Bertz CT molecular complexity index is 367. The zero-order valence-electron chi connectivity index (χ0n) is 11.3. The number of rotatable bonds is 7. The highest BCUT2D eigenvalue weighted by molar-refractivity contribution is 9.10. The third-order valence-electron chi connectivity index (χ3n) is 3.08. The van der Waals surface area contributed by atoms with Crippen LogP contribution in [0.2, 0.25) is 5.02 Å². The lowest BCUT2D eigenvalue weighted by atomic mass is 10.2. The van der Waals surface area contributed by atoms with Crippen LogP contribution in [0.3, 0.4) is 0 Å². The Labute approximate surface area is 124 Å². The van der Waals surface area contributed by atoms with Crippen LogP contribution in [-0.2, 0) is 6.54 Å². The Morgan fingerprint density at radius 3 is 2.61 bits per heavy atom. The number of hydrogen-bond donors (Lipinski definition) is 1. The average molecular weight is 334 g/mol. The summed E-state index contributed by atoms with van der Waals surface area (Å²) in [5, 5.41) is 4.32. The van der Waals surface area contributed by atoms with Crippen molar-refractivity contribution in [1.82, 2.24) is 10.2 Å². The maximum Gasteiger partial charge on any atom is 0.0410 e. The Hall–Kier alpha value is -0.0900. The van der Waals surface area contributed by atoms with Crippen molar-refractivity contribution in [1.29, 1.82) is 0 Å². The summed E-state index contributed by atoms with van der Waals surface area (Å²) in [7, 11) is 0. The van der Waals surface area contributed by atoms with Gasteiger partial charge in [0.15, 0.2) is 0 Å². The van der Waals surface area contributed by atoms with Crippen LogP contribution >= 0.6 is 27.5 Å². The van der Waals surface area contributed by atoms with Gasteiger partial charge in [-0.05, 0) is 43.8 Å². The molecule has 102 valence electrons. The molecule has 0 aliphatic rings. The van der Waals surface area contributed by atoms with Gasteiger partial charge in [-0.25, -0.2) is 0 Å². The van der Waals surface area contributed by atoms with E-state index in [-0.39, 0.29) is 0 Å². The second kappa shape index (κ2) is 8.16. The molecule has 1 rings (SSSR count). The van der Waals surface area contributed by atoms with Gasteiger partial charge >= 0.3 is 0 Å². The monoisotopic (exact) mass is 332 g/mol. The van der Waals surface area contributed by atoms with Gasteiger partial charge in [0, 0.05) is 28.6 Å². The van der Waals surface area contributed by atoms with Gasteiger partial charge in [0.2, 0.25) is 0 Å². The normalized spacial score (nSPS) is 13.0. The van der Waals surface area contributed by atoms with Crippen molar-refractivity contribution in [2.75, 3.05) is 19.6 Å². The van der Waals surface area contributed by atoms with Crippen molar-refractivity contribution in [2.24, 2.45) is 0 Å². The molecule has 18 heavy (non-hydrogen) atoms. The number of benzene rings is 1. The first kappa shape index (κ1) is 16.0. The fourth-order valence-corrected chi connectivity index (χ4v) is 2.48. The van der Waals surface area contributed by atoms with Gasteiger partial charge in [-0.1, -0.05) is 41.4 Å². The SMILES string of the molecule is CCN(CC)CC(C)NCc1cc(Cl)ccc1Br. The summed E-state index contributed by atoms with van der Waals surface area (Å²) >= 11 is 9.55. The molecule has 0 radical (unpaired) electrons. The standard InChI is InChI=1S/C14H22BrClN2/c1-4-18(5-2)10-11(3)17-9-12-8-13(16)6-7-14(12)15/h6-8,11,17H,4-5,9-10H2,1-3H3. The summed E-state index contributed by atoms with van der Waals surface area (Å²) < 4.78 is 1.11. The van der Waals surface area contributed by atoms with Crippen LogP contribution in [0.5, 0.6) is 0 Å². The molecule has 0 bridgehead atoms. The number of halogens is 2. The summed E-state index contributed by atoms with van der Waals surface area (Å²) in [6, 6.07) is 6.36. The Balaban J connectivity index is 2.46. The lowest BCUT2D eigenvalue weighted by molar-refractivity contribution is 0.270. The minimum absolute atomic E-state index is 0.468. The van der Waals surface area contributed by atoms with E-state index in [4.69, 9.17) is 11.6 Å². The predicted molar refractivity (Wildman–Crippen MR) is 83.2 cm³/mol. The molecule has 0 heterocycles. The molecular weight excluding hydrogens is 312 g/mol. The van der Waals surface area contributed by atoms with Crippen molar-refractivity contribution < 1.29 is 0 Å². The van der Waals surface area contributed by atoms with E-state index >= 15 is 0 Å². The van der Waals surface area contributed by atoms with Crippen molar-refractivity contribution in [3.63, 3.8) is 0 Å². The molecule has 0 saturated heterocycles. The molecule has 0 saturated carbocycles. The van der Waals surface area contributed by atoms with Crippen molar-refractivity contribution in [2.45, 2.75) is 33.4 Å². The number of nitrogens with one attached hydrogen (secondary N) is 1. The van der Waals surface area contributed by atoms with Crippen LogP contribution in [-0.4, -0.2) is 30.6 Å². The van der Waals surface area contributed by atoms with Gasteiger partial charge in [0.05, 0.1) is 0 Å². The summed E-state index contributed by atoms with van der Waals surface area (Å²) in [6.45, 7) is 10.7. The van der Waals surface area contributed by atoms with Crippen LogP contribution in [0.1, 0.15) is 26.3 Å². The van der Waals surface area contributed by atoms with E-state index in [1.54, 1.807) is 0 Å². The predicted octanol–water partition coefficient (Wildman–Crippen LogP) is 3.92. The number of likely N-dealkylation sites (N-methyl/N-ethyl adjacent to an activating group) is 1. The molecular formula is C14H22BrClN2. The van der Waals surface area contributed by atoms with Gasteiger partial charge in [-0.15, -0.1) is 0 Å². The van der Waals surface area contributed by atoms with Crippen molar-refractivity contribution >= 4 is 27.5 Å². The van der Waals surface area contributed by atoms with Gasteiger partial charge < -0.3 is 10.2 Å². The van der Waals surface area contributed by atoms with Crippen LogP contribution in [0.15, 0.2) is 22.7 Å². The largest absolute Gasteiger partial charge is 0.309 e. The third kappa shape index (κ3) is 5.27. The summed E-state index contributed by atoms with van der Waals surface area (Å²) in [6.07, 6.45) is 0. The highest BCUT2D eigenvalue weighted by Crippen LogP contribution is 2.21. The molecule has 1 atom stereocenters. The van der Waals surface area contributed by atoms with E-state index in [2.05, 4.69) is 46.9 Å². The Kier molecular flexibility index (Phi) is 7.23. The first-order chi connectivity index (χ1) is 8.56. The zero-order valence-corrected chi connectivity index (χ0v) is 13.7. The quantitative estimate of drug-likeness (QED) is 0.813. The zero-order chi connectivity index (χ0) is 13.5. The minimum atomic E-state index is 0.468. The van der Waals surface area contributed by atoms with Crippen LogP contribution in [0.4, 0.5) is 0 Å². The Morgan fingerprint density at radius 2 is 2.00 bits per heavy atom. The van der Waals surface area contributed by atoms with E-state index in [1.807, 2.05) is 18.2 Å². The number of nitrogens with zero attached hydrogens (tertiary/aromatic N) is 1. The fraction of sp³-hybridized carbons (Fsp3) is 0.571. The van der Waals surface area contributed by atoms with Gasteiger partial charge in [-0.3, -0.25) is 0 Å². The molecule has 1 unspecified atom stereocenters. The van der Waals surface area contributed by atoms with E-state index in [0.29, 0.717) is 6.04 Å². The highest BCUT2D eigenvalue weighted by Gasteiger charge is 2.08. The fourth-order valence-electron chi connectivity index (χ4n) is 1.90. The molecule has 0 spiro atoms.